The highest BCUT2D eigenvalue weighted by Crippen LogP contribution is 2.38. The molecule has 0 saturated heterocycles. The monoisotopic (exact) mass is 320 g/mol. The lowest BCUT2D eigenvalue weighted by Crippen LogP contribution is -1.88. The molecule has 0 radical (unpaired) electrons. The summed E-state index contributed by atoms with van der Waals surface area (Å²) in [6.07, 6.45) is 0. The smallest absolute Gasteiger partial charge is 0.258 e. The molecule has 8 heteroatoms. The van der Waals surface area contributed by atoms with Crippen LogP contribution in [-0.2, 0) is 0 Å². The SMILES string of the molecule is [N-]=[N+]=Nc1c(Br)cc(Br)cc1[N+](=O)[O-]. The van der Waals surface area contributed by atoms with Crippen LogP contribution < -0.4 is 0 Å². The summed E-state index contributed by atoms with van der Waals surface area (Å²) in [7, 11) is 0. The number of nitrogens with zero attached hydrogens (tertiary/aromatic N) is 4. The van der Waals surface area contributed by atoms with E-state index in [2.05, 4.69) is 41.9 Å². The summed E-state index contributed by atoms with van der Waals surface area (Å²) in [4.78, 5) is 12.5. The minimum absolute atomic E-state index is 0.0271. The highest BCUT2D eigenvalue weighted by Gasteiger charge is 2.16. The van der Waals surface area contributed by atoms with E-state index in [-0.39, 0.29) is 11.4 Å². The molecule has 0 atom stereocenters. The van der Waals surface area contributed by atoms with Gasteiger partial charge in [0.25, 0.3) is 5.69 Å². The number of azide groups is 1. The molecule has 0 saturated carbocycles. The van der Waals surface area contributed by atoms with Gasteiger partial charge < -0.3 is 0 Å². The lowest BCUT2D eigenvalue weighted by molar-refractivity contribution is -0.384. The number of benzene rings is 1. The van der Waals surface area contributed by atoms with Crippen molar-refractivity contribution in [1.82, 2.24) is 0 Å². The van der Waals surface area contributed by atoms with Crippen molar-refractivity contribution in [2.24, 2.45) is 5.11 Å². The average molecular weight is 322 g/mol. The van der Waals surface area contributed by atoms with Crippen LogP contribution in [0, 0.1) is 10.1 Å². The van der Waals surface area contributed by atoms with Crippen LogP contribution in [0.1, 0.15) is 0 Å². The first kappa shape index (κ1) is 11.0. The van der Waals surface area contributed by atoms with E-state index in [1.165, 1.54) is 6.07 Å². The van der Waals surface area contributed by atoms with Crippen LogP contribution in [0.3, 0.4) is 0 Å². The Morgan fingerprint density at radius 1 is 1.50 bits per heavy atom. The maximum Gasteiger partial charge on any atom is 0.281 e. The van der Waals surface area contributed by atoms with E-state index in [0.29, 0.717) is 8.95 Å². The van der Waals surface area contributed by atoms with Crippen LogP contribution >= 0.6 is 31.9 Å². The molecule has 0 aliphatic rings. The second kappa shape index (κ2) is 4.41. The fourth-order valence-electron chi connectivity index (χ4n) is 0.835. The largest absolute Gasteiger partial charge is 0.281 e. The van der Waals surface area contributed by atoms with Gasteiger partial charge in [0.2, 0.25) is 0 Å². The predicted octanol–water partition coefficient (Wildman–Crippen LogP) is 4.06. The Hall–Kier alpha value is -1.11. The van der Waals surface area contributed by atoms with Crippen molar-refractivity contribution in [3.8, 4) is 0 Å². The van der Waals surface area contributed by atoms with Gasteiger partial charge in [0, 0.05) is 19.9 Å². The summed E-state index contributed by atoms with van der Waals surface area (Å²) in [6.45, 7) is 0. The van der Waals surface area contributed by atoms with Crippen molar-refractivity contribution in [1.29, 1.82) is 0 Å². The summed E-state index contributed by atoms with van der Waals surface area (Å²) in [5.74, 6) is 0. The average Bonchev–Trinajstić information content (AvgIpc) is 2.09. The summed E-state index contributed by atoms with van der Waals surface area (Å²) in [5, 5.41) is 13.8. The highest BCUT2D eigenvalue weighted by atomic mass is 79.9. The van der Waals surface area contributed by atoms with E-state index in [1.54, 1.807) is 6.07 Å². The third kappa shape index (κ3) is 2.22. The third-order valence-corrected chi connectivity index (χ3v) is 2.41. The second-order valence-corrected chi connectivity index (χ2v) is 3.97. The Kier molecular flexibility index (Phi) is 3.45. The molecular weight excluding hydrogens is 320 g/mol. The van der Waals surface area contributed by atoms with E-state index in [9.17, 15) is 10.1 Å². The third-order valence-electron chi connectivity index (χ3n) is 1.35. The maximum absolute atomic E-state index is 10.6. The Morgan fingerprint density at radius 3 is 2.64 bits per heavy atom. The fourth-order valence-corrected chi connectivity index (χ4v) is 2.12. The Bertz CT molecular complexity index is 442. The normalized spacial score (nSPS) is 9.29. The van der Waals surface area contributed by atoms with Gasteiger partial charge in [-0.3, -0.25) is 10.1 Å². The van der Waals surface area contributed by atoms with Gasteiger partial charge in [0.15, 0.2) is 0 Å². The summed E-state index contributed by atoms with van der Waals surface area (Å²) in [5.41, 5.74) is 7.95. The van der Waals surface area contributed by atoms with Crippen molar-refractivity contribution < 1.29 is 4.92 Å². The molecule has 1 rings (SSSR count). The first-order valence-electron chi connectivity index (χ1n) is 3.25. The standard InChI is InChI=1S/C6H2Br2N4O2/c7-3-1-4(8)6(10-11-9)5(2-3)12(13)14/h1-2H. The molecule has 1 aromatic carbocycles. The van der Waals surface area contributed by atoms with Gasteiger partial charge in [-0.25, -0.2) is 0 Å². The Labute approximate surface area is 95.0 Å². The fraction of sp³-hybridized carbons (Fsp3) is 0. The number of halogens is 2. The molecule has 0 N–H and O–H groups in total. The van der Waals surface area contributed by atoms with E-state index in [4.69, 9.17) is 5.53 Å². The van der Waals surface area contributed by atoms with Gasteiger partial charge in [-0.1, -0.05) is 37.0 Å². The second-order valence-electron chi connectivity index (χ2n) is 2.20. The zero-order valence-electron chi connectivity index (χ0n) is 6.52. The molecule has 0 aliphatic carbocycles. The molecule has 0 heterocycles. The number of hydrogen-bond donors (Lipinski definition) is 0. The van der Waals surface area contributed by atoms with Gasteiger partial charge in [0.05, 0.1) is 4.92 Å². The van der Waals surface area contributed by atoms with Crippen molar-refractivity contribution in [3.63, 3.8) is 0 Å². The molecule has 1 aromatic rings. The quantitative estimate of drug-likeness (QED) is 0.270. The van der Waals surface area contributed by atoms with Crippen molar-refractivity contribution in [2.75, 3.05) is 0 Å². The first-order chi connectivity index (χ1) is 6.56. The molecule has 0 fully saturated rings. The summed E-state index contributed by atoms with van der Waals surface area (Å²) >= 11 is 6.17. The molecule has 72 valence electrons. The van der Waals surface area contributed by atoms with Crippen LogP contribution in [0.25, 0.3) is 10.4 Å². The lowest BCUT2D eigenvalue weighted by atomic mass is 10.3. The van der Waals surface area contributed by atoms with E-state index in [1.807, 2.05) is 0 Å². The van der Waals surface area contributed by atoms with E-state index in [0.717, 1.165) is 0 Å². The van der Waals surface area contributed by atoms with E-state index >= 15 is 0 Å². The van der Waals surface area contributed by atoms with Gasteiger partial charge >= 0.3 is 0 Å². The Balaban J connectivity index is 3.51. The van der Waals surface area contributed by atoms with E-state index < -0.39 is 4.92 Å². The summed E-state index contributed by atoms with van der Waals surface area (Å²) < 4.78 is 0.907. The molecule has 0 amide bonds. The van der Waals surface area contributed by atoms with Crippen molar-refractivity contribution >= 4 is 43.2 Å². The van der Waals surface area contributed by atoms with Crippen LogP contribution in [0.2, 0.25) is 0 Å². The minimum Gasteiger partial charge on any atom is -0.258 e. The minimum atomic E-state index is -0.612. The Morgan fingerprint density at radius 2 is 2.14 bits per heavy atom. The number of rotatable bonds is 2. The van der Waals surface area contributed by atoms with Crippen LogP contribution in [0.15, 0.2) is 26.2 Å². The van der Waals surface area contributed by atoms with Crippen molar-refractivity contribution in [3.05, 3.63) is 41.6 Å². The lowest BCUT2D eigenvalue weighted by Gasteiger charge is -1.99. The van der Waals surface area contributed by atoms with Crippen molar-refractivity contribution in [2.45, 2.75) is 0 Å². The van der Waals surface area contributed by atoms with Gasteiger partial charge in [-0.15, -0.1) is 0 Å². The first-order valence-corrected chi connectivity index (χ1v) is 4.83. The van der Waals surface area contributed by atoms with Crippen LogP contribution in [0.5, 0.6) is 0 Å². The molecule has 0 aromatic heterocycles. The molecular formula is C6H2Br2N4O2. The molecule has 0 aliphatic heterocycles. The highest BCUT2D eigenvalue weighted by molar-refractivity contribution is 9.11. The zero-order chi connectivity index (χ0) is 10.7. The zero-order valence-corrected chi connectivity index (χ0v) is 9.69. The molecule has 14 heavy (non-hydrogen) atoms. The van der Waals surface area contributed by atoms with Crippen LogP contribution in [-0.4, -0.2) is 4.92 Å². The maximum atomic E-state index is 10.6. The molecule has 0 spiro atoms. The number of nitro benzene ring substituents is 1. The van der Waals surface area contributed by atoms with Gasteiger partial charge in [-0.05, 0) is 11.6 Å². The number of hydrogen-bond acceptors (Lipinski definition) is 3. The summed E-state index contributed by atoms with van der Waals surface area (Å²) in [6, 6.07) is 2.84. The predicted molar refractivity (Wildman–Crippen MR) is 57.3 cm³/mol. The van der Waals surface area contributed by atoms with Gasteiger partial charge in [0.1, 0.15) is 5.69 Å². The number of nitro groups is 1. The molecule has 6 nitrogen and oxygen atoms in total. The van der Waals surface area contributed by atoms with Gasteiger partial charge in [-0.2, -0.15) is 0 Å². The van der Waals surface area contributed by atoms with Crippen LogP contribution in [0.4, 0.5) is 11.4 Å². The topological polar surface area (TPSA) is 91.9 Å². The molecule has 0 unspecified atom stereocenters. The molecule has 0 bridgehead atoms.